The summed E-state index contributed by atoms with van der Waals surface area (Å²) in [5.74, 6) is -0.202. The molecular formula is C30H22Br2N2O2. The first-order valence-corrected chi connectivity index (χ1v) is 13.3. The molecule has 0 saturated carbocycles. The van der Waals surface area contributed by atoms with E-state index in [0.717, 1.165) is 42.6 Å². The Balaban J connectivity index is 1.93. The number of anilines is 2. The van der Waals surface area contributed by atoms with E-state index in [1.54, 1.807) is 13.8 Å². The Morgan fingerprint density at radius 3 is 1.61 bits per heavy atom. The van der Waals surface area contributed by atoms with E-state index in [9.17, 15) is 9.59 Å². The van der Waals surface area contributed by atoms with E-state index in [1.165, 1.54) is 0 Å². The van der Waals surface area contributed by atoms with Gasteiger partial charge in [-0.15, -0.1) is 0 Å². The van der Waals surface area contributed by atoms with Crippen molar-refractivity contribution in [3.8, 4) is 0 Å². The maximum Gasteiger partial charge on any atom is 0.225 e. The zero-order chi connectivity index (χ0) is 25.2. The number of hydrogen-bond acceptors (Lipinski definition) is 2. The van der Waals surface area contributed by atoms with Crippen LogP contribution in [0.2, 0.25) is 0 Å². The Morgan fingerprint density at radius 2 is 1.06 bits per heavy atom. The minimum absolute atomic E-state index is 0.0977. The van der Waals surface area contributed by atoms with E-state index in [-0.39, 0.29) is 11.8 Å². The molecule has 4 aromatic carbocycles. The standard InChI is InChI=1S/C30H22Br2N2O2/c1-19(35)33-27-16-14-23(31)17-26(27)30(22-11-7-4-8-12-22)29(33,21-9-5-3-6-10-21)25-15-13-24(32)18-28(25)34(30)20(2)36/h3-18H,1-2H3. The third-order valence-electron chi connectivity index (χ3n) is 7.39. The van der Waals surface area contributed by atoms with Gasteiger partial charge in [-0.05, 0) is 41.5 Å². The highest BCUT2D eigenvalue weighted by Gasteiger charge is 2.73. The number of nitrogens with zero attached hydrogens (tertiary/aromatic N) is 2. The zero-order valence-corrected chi connectivity index (χ0v) is 22.9. The van der Waals surface area contributed by atoms with Gasteiger partial charge >= 0.3 is 0 Å². The summed E-state index contributed by atoms with van der Waals surface area (Å²) >= 11 is 7.31. The molecule has 2 heterocycles. The van der Waals surface area contributed by atoms with Crippen LogP contribution in [0.15, 0.2) is 106 Å². The monoisotopic (exact) mass is 600 g/mol. The fraction of sp³-hybridized carbons (Fsp3) is 0.133. The number of rotatable bonds is 2. The van der Waals surface area contributed by atoms with Gasteiger partial charge in [0.25, 0.3) is 0 Å². The summed E-state index contributed by atoms with van der Waals surface area (Å²) in [5.41, 5.74) is 3.15. The summed E-state index contributed by atoms with van der Waals surface area (Å²) in [6, 6.07) is 32.2. The number of hydrogen-bond donors (Lipinski definition) is 0. The van der Waals surface area contributed by atoms with Crippen LogP contribution in [0.25, 0.3) is 0 Å². The molecule has 36 heavy (non-hydrogen) atoms. The molecule has 0 radical (unpaired) electrons. The highest BCUT2D eigenvalue weighted by molar-refractivity contribution is 9.10. The molecule has 0 spiro atoms. The molecule has 4 nitrogen and oxygen atoms in total. The van der Waals surface area contributed by atoms with Crippen molar-refractivity contribution in [2.75, 3.05) is 9.80 Å². The molecule has 6 heteroatoms. The van der Waals surface area contributed by atoms with Crippen LogP contribution >= 0.6 is 31.9 Å². The van der Waals surface area contributed by atoms with Crippen molar-refractivity contribution < 1.29 is 9.59 Å². The maximum absolute atomic E-state index is 13.8. The first kappa shape index (κ1) is 23.2. The molecule has 0 bridgehead atoms. The number of benzene rings is 4. The molecule has 0 saturated heterocycles. The van der Waals surface area contributed by atoms with E-state index >= 15 is 0 Å². The minimum Gasteiger partial charge on any atom is -0.295 e. The molecule has 2 atom stereocenters. The zero-order valence-electron chi connectivity index (χ0n) is 19.7. The van der Waals surface area contributed by atoms with Gasteiger partial charge in [0.15, 0.2) is 0 Å². The van der Waals surface area contributed by atoms with E-state index in [2.05, 4.69) is 62.2 Å². The van der Waals surface area contributed by atoms with Gasteiger partial charge in [0, 0.05) is 33.9 Å². The summed E-state index contributed by atoms with van der Waals surface area (Å²) in [4.78, 5) is 31.3. The first-order chi connectivity index (χ1) is 17.3. The predicted molar refractivity (Wildman–Crippen MR) is 149 cm³/mol. The quantitative estimate of drug-likeness (QED) is 0.245. The van der Waals surface area contributed by atoms with Gasteiger partial charge in [-0.25, -0.2) is 0 Å². The lowest BCUT2D eigenvalue weighted by atomic mass is 9.65. The number of halogens is 2. The number of carbonyl (C=O) groups excluding carboxylic acids is 2. The van der Waals surface area contributed by atoms with Crippen molar-refractivity contribution in [2.45, 2.75) is 24.9 Å². The van der Waals surface area contributed by atoms with Crippen LogP contribution in [0.5, 0.6) is 0 Å². The molecule has 4 aromatic rings. The highest BCUT2D eigenvalue weighted by atomic mass is 79.9. The Labute approximate surface area is 226 Å². The van der Waals surface area contributed by atoms with Gasteiger partial charge < -0.3 is 0 Å². The summed E-state index contributed by atoms with van der Waals surface area (Å²) < 4.78 is 1.74. The van der Waals surface area contributed by atoms with Crippen molar-refractivity contribution in [3.63, 3.8) is 0 Å². The van der Waals surface area contributed by atoms with Crippen molar-refractivity contribution in [1.82, 2.24) is 0 Å². The van der Waals surface area contributed by atoms with E-state index in [0.29, 0.717) is 0 Å². The van der Waals surface area contributed by atoms with Gasteiger partial charge in [-0.2, -0.15) is 0 Å². The Hall–Kier alpha value is -3.22. The lowest BCUT2D eigenvalue weighted by Crippen LogP contribution is -2.62. The number of fused-ring (bicyclic) bond motifs is 5. The van der Waals surface area contributed by atoms with Gasteiger partial charge in [-0.3, -0.25) is 19.4 Å². The SMILES string of the molecule is CC(=O)N1c2ccc(Br)cc2C2(c3ccccc3)N(C(C)=O)c3cc(Br)ccc3C12c1ccccc1. The fourth-order valence-electron chi connectivity index (χ4n) is 6.46. The first-order valence-electron chi connectivity index (χ1n) is 11.7. The second kappa shape index (κ2) is 8.15. The van der Waals surface area contributed by atoms with Crippen molar-refractivity contribution in [1.29, 1.82) is 0 Å². The van der Waals surface area contributed by atoms with Crippen LogP contribution in [0, 0.1) is 0 Å². The lowest BCUT2D eigenvalue weighted by Gasteiger charge is -2.49. The smallest absolute Gasteiger partial charge is 0.225 e. The van der Waals surface area contributed by atoms with Crippen molar-refractivity contribution in [3.05, 3.63) is 128 Å². The number of amides is 2. The second-order valence-corrected chi connectivity index (χ2v) is 11.0. The third-order valence-corrected chi connectivity index (χ3v) is 8.37. The molecule has 2 amide bonds. The van der Waals surface area contributed by atoms with Gasteiger partial charge in [-0.1, -0.05) is 98.6 Å². The van der Waals surface area contributed by atoms with E-state index in [1.807, 2.05) is 76.5 Å². The maximum atomic E-state index is 13.8. The molecule has 0 fully saturated rings. The van der Waals surface area contributed by atoms with Crippen LogP contribution in [0.1, 0.15) is 36.1 Å². The molecular weight excluding hydrogens is 580 g/mol. The van der Waals surface area contributed by atoms with Crippen LogP contribution in [0.4, 0.5) is 11.4 Å². The largest absolute Gasteiger partial charge is 0.295 e. The average molecular weight is 602 g/mol. The summed E-state index contributed by atoms with van der Waals surface area (Å²) in [7, 11) is 0. The fourth-order valence-corrected chi connectivity index (χ4v) is 7.17. The van der Waals surface area contributed by atoms with Crippen LogP contribution < -0.4 is 9.80 Å². The molecule has 2 unspecified atom stereocenters. The molecule has 0 aliphatic carbocycles. The van der Waals surface area contributed by atoms with Crippen LogP contribution in [0.3, 0.4) is 0 Å². The van der Waals surface area contributed by atoms with Crippen molar-refractivity contribution >= 4 is 55.0 Å². The molecule has 0 N–H and O–H groups in total. The summed E-state index contributed by atoms with van der Waals surface area (Å²) in [6.07, 6.45) is 0. The van der Waals surface area contributed by atoms with E-state index < -0.39 is 11.1 Å². The highest BCUT2D eigenvalue weighted by Crippen LogP contribution is 2.70. The van der Waals surface area contributed by atoms with Gasteiger partial charge in [0.05, 0.1) is 11.4 Å². The molecule has 2 aliphatic heterocycles. The third kappa shape index (κ3) is 2.74. The molecule has 0 aromatic heterocycles. The topological polar surface area (TPSA) is 40.6 Å². The molecule has 178 valence electrons. The van der Waals surface area contributed by atoms with Gasteiger partial charge in [0.2, 0.25) is 11.8 Å². The minimum atomic E-state index is -1.05. The normalized spacial score (nSPS) is 21.7. The lowest BCUT2D eigenvalue weighted by molar-refractivity contribution is -0.119. The van der Waals surface area contributed by atoms with Crippen LogP contribution in [-0.2, 0) is 20.7 Å². The molecule has 2 aliphatic rings. The number of carbonyl (C=O) groups is 2. The summed E-state index contributed by atoms with van der Waals surface area (Å²) in [5, 5.41) is 0. The molecule has 6 rings (SSSR count). The van der Waals surface area contributed by atoms with Crippen molar-refractivity contribution in [2.24, 2.45) is 0 Å². The van der Waals surface area contributed by atoms with Crippen LogP contribution in [-0.4, -0.2) is 11.8 Å². The Morgan fingerprint density at radius 1 is 0.583 bits per heavy atom. The average Bonchev–Trinajstić information content (AvgIpc) is 3.28. The predicted octanol–water partition coefficient (Wildman–Crippen LogP) is 7.13. The van der Waals surface area contributed by atoms with Gasteiger partial charge in [0.1, 0.15) is 11.1 Å². The summed E-state index contributed by atoms with van der Waals surface area (Å²) in [6.45, 7) is 3.21. The Bertz CT molecular complexity index is 1540. The Kier molecular flexibility index (Phi) is 5.25. The second-order valence-electron chi connectivity index (χ2n) is 9.18. The van der Waals surface area contributed by atoms with E-state index in [4.69, 9.17) is 0 Å².